The smallest absolute Gasteiger partial charge is 0.404 e. The SMILES string of the molecule is Cc1ccc(CCNC(=O)C[C@H](C)CNC(=O)O)cc1. The van der Waals surface area contributed by atoms with Crippen LogP contribution in [0.25, 0.3) is 0 Å². The molecule has 5 nitrogen and oxygen atoms in total. The number of carbonyl (C=O) groups excluding carboxylic acids is 1. The number of benzene rings is 1. The molecule has 1 aromatic rings. The second-order valence-corrected chi connectivity index (χ2v) is 5.08. The van der Waals surface area contributed by atoms with Crippen molar-refractivity contribution in [3.05, 3.63) is 35.4 Å². The van der Waals surface area contributed by atoms with E-state index in [1.807, 2.05) is 13.8 Å². The Labute approximate surface area is 119 Å². The molecule has 0 aromatic heterocycles. The monoisotopic (exact) mass is 278 g/mol. The second kappa shape index (κ2) is 8.19. The van der Waals surface area contributed by atoms with Crippen molar-refractivity contribution in [1.29, 1.82) is 0 Å². The van der Waals surface area contributed by atoms with Crippen LogP contribution in [0.2, 0.25) is 0 Å². The lowest BCUT2D eigenvalue weighted by Gasteiger charge is -2.11. The van der Waals surface area contributed by atoms with Crippen molar-refractivity contribution in [1.82, 2.24) is 10.6 Å². The molecule has 0 aliphatic heterocycles. The Balaban J connectivity index is 2.19. The van der Waals surface area contributed by atoms with Crippen LogP contribution in [0.3, 0.4) is 0 Å². The molecule has 0 saturated carbocycles. The molecule has 1 aromatic carbocycles. The van der Waals surface area contributed by atoms with Gasteiger partial charge in [0.05, 0.1) is 0 Å². The number of nitrogens with one attached hydrogen (secondary N) is 2. The van der Waals surface area contributed by atoms with E-state index in [0.29, 0.717) is 19.5 Å². The minimum atomic E-state index is -1.06. The standard InChI is InChI=1S/C15H22N2O3/c1-11-3-5-13(6-4-11)7-8-16-14(18)9-12(2)10-17-15(19)20/h3-6,12,17H,7-10H2,1-2H3,(H,16,18)(H,19,20)/t12-/m0/s1. The maximum Gasteiger partial charge on any atom is 0.404 e. The Hall–Kier alpha value is -2.04. The molecule has 0 bridgehead atoms. The summed E-state index contributed by atoms with van der Waals surface area (Å²) >= 11 is 0. The summed E-state index contributed by atoms with van der Waals surface area (Å²) in [6, 6.07) is 8.22. The molecule has 0 fully saturated rings. The van der Waals surface area contributed by atoms with E-state index in [2.05, 4.69) is 34.9 Å². The van der Waals surface area contributed by atoms with Crippen LogP contribution in [0.5, 0.6) is 0 Å². The predicted molar refractivity (Wildman–Crippen MR) is 77.7 cm³/mol. The number of hydrogen-bond acceptors (Lipinski definition) is 2. The van der Waals surface area contributed by atoms with E-state index >= 15 is 0 Å². The molecule has 0 heterocycles. The first-order valence-electron chi connectivity index (χ1n) is 6.76. The normalized spacial score (nSPS) is 11.7. The van der Waals surface area contributed by atoms with Gasteiger partial charge in [-0.2, -0.15) is 0 Å². The second-order valence-electron chi connectivity index (χ2n) is 5.08. The zero-order chi connectivity index (χ0) is 15.0. The van der Waals surface area contributed by atoms with E-state index < -0.39 is 6.09 Å². The Morgan fingerprint density at radius 3 is 2.45 bits per heavy atom. The summed E-state index contributed by atoms with van der Waals surface area (Å²) in [5.41, 5.74) is 2.41. The molecule has 110 valence electrons. The minimum absolute atomic E-state index is 0.00882. The van der Waals surface area contributed by atoms with Crippen molar-refractivity contribution >= 4 is 12.0 Å². The van der Waals surface area contributed by atoms with Crippen molar-refractivity contribution in [2.75, 3.05) is 13.1 Å². The highest BCUT2D eigenvalue weighted by Crippen LogP contribution is 2.04. The summed E-state index contributed by atoms with van der Waals surface area (Å²) in [6.45, 7) is 4.77. The average Bonchev–Trinajstić information content (AvgIpc) is 2.38. The number of hydrogen-bond donors (Lipinski definition) is 3. The number of amides is 2. The Bertz CT molecular complexity index is 443. The van der Waals surface area contributed by atoms with Gasteiger partial charge >= 0.3 is 6.09 Å². The van der Waals surface area contributed by atoms with Gasteiger partial charge in [0.1, 0.15) is 0 Å². The van der Waals surface area contributed by atoms with Crippen molar-refractivity contribution in [2.24, 2.45) is 5.92 Å². The van der Waals surface area contributed by atoms with Crippen LogP contribution in [-0.4, -0.2) is 30.2 Å². The maximum absolute atomic E-state index is 11.7. The van der Waals surface area contributed by atoms with Gasteiger partial charge < -0.3 is 15.7 Å². The summed E-state index contributed by atoms with van der Waals surface area (Å²) in [6.07, 6.45) is 0.0683. The maximum atomic E-state index is 11.7. The zero-order valence-electron chi connectivity index (χ0n) is 12.0. The van der Waals surface area contributed by atoms with Crippen LogP contribution in [0.15, 0.2) is 24.3 Å². The number of carboxylic acid groups (broad SMARTS) is 1. The predicted octanol–water partition coefficient (Wildman–Crippen LogP) is 1.95. The first-order valence-corrected chi connectivity index (χ1v) is 6.76. The van der Waals surface area contributed by atoms with Gasteiger partial charge in [0, 0.05) is 19.5 Å². The molecule has 0 unspecified atom stereocenters. The van der Waals surface area contributed by atoms with Gasteiger partial charge in [-0.15, -0.1) is 0 Å². The summed E-state index contributed by atoms with van der Waals surface area (Å²) in [7, 11) is 0. The first kappa shape index (κ1) is 16.0. The van der Waals surface area contributed by atoms with Crippen molar-refractivity contribution in [3.63, 3.8) is 0 Å². The summed E-state index contributed by atoms with van der Waals surface area (Å²) in [5, 5.41) is 13.6. The highest BCUT2D eigenvalue weighted by Gasteiger charge is 2.09. The van der Waals surface area contributed by atoms with E-state index in [-0.39, 0.29) is 11.8 Å². The van der Waals surface area contributed by atoms with E-state index in [9.17, 15) is 9.59 Å². The third-order valence-electron chi connectivity index (χ3n) is 2.99. The van der Waals surface area contributed by atoms with Crippen LogP contribution < -0.4 is 10.6 Å². The van der Waals surface area contributed by atoms with Crippen LogP contribution in [0.4, 0.5) is 4.79 Å². The zero-order valence-corrected chi connectivity index (χ0v) is 12.0. The summed E-state index contributed by atoms with van der Waals surface area (Å²) in [4.78, 5) is 22.0. The van der Waals surface area contributed by atoms with Gasteiger partial charge in [-0.25, -0.2) is 4.79 Å². The number of rotatable bonds is 7. The van der Waals surface area contributed by atoms with Gasteiger partial charge in [0.25, 0.3) is 0 Å². The van der Waals surface area contributed by atoms with E-state index in [0.717, 1.165) is 6.42 Å². The molecule has 1 atom stereocenters. The fourth-order valence-electron chi connectivity index (χ4n) is 1.82. The molecular weight excluding hydrogens is 256 g/mol. The Kier molecular flexibility index (Phi) is 6.56. The van der Waals surface area contributed by atoms with Gasteiger partial charge in [0.2, 0.25) is 5.91 Å². The average molecular weight is 278 g/mol. The van der Waals surface area contributed by atoms with Crippen LogP contribution in [0.1, 0.15) is 24.5 Å². The third kappa shape index (κ3) is 6.78. The quantitative estimate of drug-likeness (QED) is 0.713. The molecule has 0 aliphatic carbocycles. The lowest BCUT2D eigenvalue weighted by molar-refractivity contribution is -0.121. The molecule has 3 N–H and O–H groups in total. The molecule has 1 rings (SSSR count). The van der Waals surface area contributed by atoms with Crippen LogP contribution in [-0.2, 0) is 11.2 Å². The van der Waals surface area contributed by atoms with Gasteiger partial charge in [-0.3, -0.25) is 4.79 Å². The van der Waals surface area contributed by atoms with Crippen molar-refractivity contribution in [3.8, 4) is 0 Å². The van der Waals surface area contributed by atoms with Gasteiger partial charge in [-0.05, 0) is 24.8 Å². The molecule has 0 aliphatic rings. The summed E-state index contributed by atoms with van der Waals surface area (Å²) in [5.74, 6) is -0.0534. The molecule has 0 spiro atoms. The Morgan fingerprint density at radius 2 is 1.85 bits per heavy atom. The van der Waals surface area contributed by atoms with Gasteiger partial charge in [0.15, 0.2) is 0 Å². The lowest BCUT2D eigenvalue weighted by Crippen LogP contribution is -2.32. The molecule has 5 heteroatoms. The van der Waals surface area contributed by atoms with Crippen LogP contribution in [0, 0.1) is 12.8 Å². The molecular formula is C15H22N2O3. The fraction of sp³-hybridized carbons (Fsp3) is 0.467. The van der Waals surface area contributed by atoms with E-state index in [4.69, 9.17) is 5.11 Å². The molecule has 0 radical (unpaired) electrons. The topological polar surface area (TPSA) is 78.4 Å². The van der Waals surface area contributed by atoms with E-state index in [1.165, 1.54) is 11.1 Å². The summed E-state index contributed by atoms with van der Waals surface area (Å²) < 4.78 is 0. The Morgan fingerprint density at radius 1 is 1.20 bits per heavy atom. The van der Waals surface area contributed by atoms with Gasteiger partial charge in [-0.1, -0.05) is 36.8 Å². The number of carbonyl (C=O) groups is 2. The highest BCUT2D eigenvalue weighted by molar-refractivity contribution is 5.76. The first-order chi connectivity index (χ1) is 9.47. The van der Waals surface area contributed by atoms with Crippen molar-refractivity contribution < 1.29 is 14.7 Å². The highest BCUT2D eigenvalue weighted by atomic mass is 16.4. The van der Waals surface area contributed by atoms with Crippen molar-refractivity contribution in [2.45, 2.75) is 26.7 Å². The molecule has 20 heavy (non-hydrogen) atoms. The third-order valence-corrected chi connectivity index (χ3v) is 2.99. The van der Waals surface area contributed by atoms with E-state index in [1.54, 1.807) is 0 Å². The number of aryl methyl sites for hydroxylation is 1. The molecule has 2 amide bonds. The lowest BCUT2D eigenvalue weighted by atomic mass is 10.1. The molecule has 0 saturated heterocycles. The fourth-order valence-corrected chi connectivity index (χ4v) is 1.82. The largest absolute Gasteiger partial charge is 0.465 e. The minimum Gasteiger partial charge on any atom is -0.465 e. The van der Waals surface area contributed by atoms with Crippen LogP contribution >= 0.6 is 0 Å².